The van der Waals surface area contributed by atoms with Crippen molar-refractivity contribution < 1.29 is 8.91 Å². The number of aryl methyl sites for hydroxylation is 1. The number of likely N-dealkylation sites (tertiary alicyclic amines) is 1. The zero-order valence-electron chi connectivity index (χ0n) is 14.0. The predicted molar refractivity (Wildman–Crippen MR) is 89.5 cm³/mol. The number of halogens is 1. The molecule has 2 heterocycles. The molecular weight excluding hydrogens is 305 g/mol. The van der Waals surface area contributed by atoms with Crippen LogP contribution in [0.15, 0.2) is 34.9 Å². The maximum atomic E-state index is 15.4. The second-order valence-corrected chi connectivity index (χ2v) is 7.17. The Bertz CT molecular complexity index is 670. The zero-order valence-corrected chi connectivity index (χ0v) is 14.0. The summed E-state index contributed by atoms with van der Waals surface area (Å²) in [5.74, 6) is 1.29. The number of benzene rings is 1. The van der Waals surface area contributed by atoms with Gasteiger partial charge in [-0.3, -0.25) is 4.90 Å². The maximum Gasteiger partial charge on any atom is 0.265 e. The zero-order chi connectivity index (χ0) is 16.4. The highest BCUT2D eigenvalue weighted by Crippen LogP contribution is 2.40. The standard InChI is InChI=1S/C19H24FN3O/c20-19(18-21-17(22-24-18)16-9-10-16)11-5-13-23(14-19)12-4-8-15-6-2-1-3-7-15/h1-3,6-7,16H,4-5,8-14H2. The molecule has 1 aromatic heterocycles. The topological polar surface area (TPSA) is 42.2 Å². The van der Waals surface area contributed by atoms with E-state index in [1.807, 2.05) is 6.07 Å². The lowest BCUT2D eigenvalue weighted by molar-refractivity contribution is 0.0154. The molecule has 1 aromatic carbocycles. The van der Waals surface area contributed by atoms with Gasteiger partial charge >= 0.3 is 0 Å². The molecule has 2 fully saturated rings. The molecule has 5 heteroatoms. The quantitative estimate of drug-likeness (QED) is 0.807. The minimum absolute atomic E-state index is 0.192. The van der Waals surface area contributed by atoms with Gasteiger partial charge < -0.3 is 4.52 Å². The van der Waals surface area contributed by atoms with Crippen molar-refractivity contribution in [3.8, 4) is 0 Å². The van der Waals surface area contributed by atoms with Gasteiger partial charge in [0.05, 0.1) is 0 Å². The number of hydrogen-bond acceptors (Lipinski definition) is 4. The fourth-order valence-corrected chi connectivity index (χ4v) is 3.54. The molecule has 24 heavy (non-hydrogen) atoms. The molecule has 0 spiro atoms. The molecule has 0 amide bonds. The summed E-state index contributed by atoms with van der Waals surface area (Å²) in [6.45, 7) is 2.22. The Morgan fingerprint density at radius 1 is 1.25 bits per heavy atom. The maximum absolute atomic E-state index is 15.4. The third-order valence-corrected chi connectivity index (χ3v) is 5.07. The Morgan fingerprint density at radius 3 is 2.88 bits per heavy atom. The summed E-state index contributed by atoms with van der Waals surface area (Å²) < 4.78 is 20.6. The third kappa shape index (κ3) is 3.51. The van der Waals surface area contributed by atoms with E-state index in [9.17, 15) is 0 Å². The second-order valence-electron chi connectivity index (χ2n) is 7.17. The lowest BCUT2D eigenvalue weighted by atomic mass is 9.94. The molecule has 2 aliphatic rings. The van der Waals surface area contributed by atoms with Crippen LogP contribution in [0, 0.1) is 0 Å². The number of aromatic nitrogens is 2. The van der Waals surface area contributed by atoms with Crippen LogP contribution in [0.1, 0.15) is 55.3 Å². The third-order valence-electron chi connectivity index (χ3n) is 5.07. The van der Waals surface area contributed by atoms with E-state index < -0.39 is 5.67 Å². The van der Waals surface area contributed by atoms with Crippen molar-refractivity contribution in [2.24, 2.45) is 0 Å². The van der Waals surface area contributed by atoms with E-state index in [2.05, 4.69) is 39.3 Å². The summed E-state index contributed by atoms with van der Waals surface area (Å²) in [6.07, 6.45) is 5.59. The highest BCUT2D eigenvalue weighted by Gasteiger charge is 2.43. The van der Waals surface area contributed by atoms with Gasteiger partial charge in [-0.2, -0.15) is 4.98 Å². The monoisotopic (exact) mass is 329 g/mol. The molecule has 4 nitrogen and oxygen atoms in total. The normalized spacial score (nSPS) is 25.0. The Balaban J connectivity index is 1.34. The first-order valence-electron chi connectivity index (χ1n) is 9.02. The number of hydrogen-bond donors (Lipinski definition) is 0. The molecule has 1 atom stereocenters. The van der Waals surface area contributed by atoms with E-state index in [0.29, 0.717) is 24.7 Å². The van der Waals surface area contributed by atoms with Crippen LogP contribution in [0.3, 0.4) is 0 Å². The Morgan fingerprint density at radius 2 is 2.08 bits per heavy atom. The molecule has 1 saturated heterocycles. The highest BCUT2D eigenvalue weighted by atomic mass is 19.1. The summed E-state index contributed by atoms with van der Waals surface area (Å²) in [5, 5.41) is 3.98. The molecule has 1 aliphatic heterocycles. The van der Waals surface area contributed by atoms with Crippen molar-refractivity contribution >= 4 is 0 Å². The number of nitrogens with zero attached hydrogens (tertiary/aromatic N) is 3. The molecule has 4 rings (SSSR count). The predicted octanol–water partition coefficient (Wildman–Crippen LogP) is 3.84. The van der Waals surface area contributed by atoms with Gasteiger partial charge in [-0.05, 0) is 57.2 Å². The minimum atomic E-state index is -1.48. The molecule has 1 unspecified atom stereocenters. The lowest BCUT2D eigenvalue weighted by Crippen LogP contribution is -2.44. The average molecular weight is 329 g/mol. The first kappa shape index (κ1) is 15.8. The molecule has 0 radical (unpaired) electrons. The van der Waals surface area contributed by atoms with Crippen molar-refractivity contribution in [2.45, 2.75) is 50.1 Å². The van der Waals surface area contributed by atoms with Gasteiger partial charge in [-0.1, -0.05) is 35.5 Å². The van der Waals surface area contributed by atoms with Crippen LogP contribution in [0.5, 0.6) is 0 Å². The van der Waals surface area contributed by atoms with E-state index >= 15 is 4.39 Å². The van der Waals surface area contributed by atoms with Crippen molar-refractivity contribution in [1.29, 1.82) is 0 Å². The van der Waals surface area contributed by atoms with Crippen molar-refractivity contribution in [3.63, 3.8) is 0 Å². The van der Waals surface area contributed by atoms with E-state index in [1.54, 1.807) is 0 Å². The first-order valence-corrected chi connectivity index (χ1v) is 9.02. The molecule has 128 valence electrons. The summed E-state index contributed by atoms with van der Waals surface area (Å²) in [4.78, 5) is 6.55. The van der Waals surface area contributed by atoms with E-state index in [0.717, 1.165) is 45.2 Å². The van der Waals surface area contributed by atoms with E-state index in [1.165, 1.54) is 5.56 Å². The fourth-order valence-electron chi connectivity index (χ4n) is 3.54. The van der Waals surface area contributed by atoms with Crippen LogP contribution in [-0.2, 0) is 12.1 Å². The van der Waals surface area contributed by atoms with Gasteiger partial charge in [-0.25, -0.2) is 4.39 Å². The average Bonchev–Trinajstić information content (AvgIpc) is 3.32. The van der Waals surface area contributed by atoms with Crippen LogP contribution in [0.2, 0.25) is 0 Å². The van der Waals surface area contributed by atoms with Crippen LogP contribution >= 0.6 is 0 Å². The Hall–Kier alpha value is -1.75. The first-order chi connectivity index (χ1) is 11.7. The van der Waals surface area contributed by atoms with E-state index in [4.69, 9.17) is 4.52 Å². The Kier molecular flexibility index (Phi) is 4.35. The van der Waals surface area contributed by atoms with Gasteiger partial charge in [0.1, 0.15) is 0 Å². The van der Waals surface area contributed by atoms with Crippen LogP contribution in [0.4, 0.5) is 4.39 Å². The molecule has 1 saturated carbocycles. The van der Waals surface area contributed by atoms with Gasteiger partial charge in [0.25, 0.3) is 5.89 Å². The van der Waals surface area contributed by atoms with Crippen molar-refractivity contribution in [1.82, 2.24) is 15.0 Å². The number of alkyl halides is 1. The van der Waals surface area contributed by atoms with Crippen LogP contribution in [0.25, 0.3) is 0 Å². The fraction of sp³-hybridized carbons (Fsp3) is 0.579. The molecule has 2 aromatic rings. The van der Waals surface area contributed by atoms with Gasteiger partial charge in [0, 0.05) is 12.5 Å². The second kappa shape index (κ2) is 6.63. The van der Waals surface area contributed by atoms with Crippen LogP contribution < -0.4 is 0 Å². The molecule has 0 N–H and O–H groups in total. The van der Waals surface area contributed by atoms with E-state index in [-0.39, 0.29) is 5.89 Å². The summed E-state index contributed by atoms with van der Waals surface area (Å²) in [6, 6.07) is 10.5. The largest absolute Gasteiger partial charge is 0.336 e. The van der Waals surface area contributed by atoms with Crippen LogP contribution in [-0.4, -0.2) is 34.7 Å². The smallest absolute Gasteiger partial charge is 0.265 e. The van der Waals surface area contributed by atoms with Crippen molar-refractivity contribution in [2.75, 3.05) is 19.6 Å². The molecule has 1 aliphatic carbocycles. The molecule has 0 bridgehead atoms. The minimum Gasteiger partial charge on any atom is -0.336 e. The highest BCUT2D eigenvalue weighted by molar-refractivity contribution is 5.14. The van der Waals surface area contributed by atoms with Gasteiger partial charge in [0.15, 0.2) is 5.82 Å². The molecular formula is C19H24FN3O. The summed E-state index contributed by atoms with van der Waals surface area (Å²) >= 11 is 0. The number of piperidine rings is 1. The SMILES string of the molecule is FC1(c2nc(C3CC3)no2)CCCN(CCCc2ccccc2)C1. The lowest BCUT2D eigenvalue weighted by Gasteiger charge is -2.35. The number of rotatable bonds is 6. The van der Waals surface area contributed by atoms with Gasteiger partial charge in [0.2, 0.25) is 5.67 Å². The van der Waals surface area contributed by atoms with Crippen molar-refractivity contribution in [3.05, 3.63) is 47.6 Å². The summed E-state index contributed by atoms with van der Waals surface area (Å²) in [7, 11) is 0. The Labute approximate surface area is 142 Å². The summed E-state index contributed by atoms with van der Waals surface area (Å²) in [5.41, 5.74) is -0.141. The van der Waals surface area contributed by atoms with Gasteiger partial charge in [-0.15, -0.1) is 0 Å².